The van der Waals surface area contributed by atoms with E-state index in [1.807, 2.05) is 60.7 Å². The van der Waals surface area contributed by atoms with Gasteiger partial charge in [-0.3, -0.25) is 0 Å². The van der Waals surface area contributed by atoms with E-state index >= 15 is 0 Å². The second-order valence-electron chi connectivity index (χ2n) is 6.01. The molecule has 0 saturated heterocycles. The van der Waals surface area contributed by atoms with Crippen molar-refractivity contribution in [2.24, 2.45) is 0 Å². The Balaban J connectivity index is 1.65. The minimum atomic E-state index is -0.390. The van der Waals surface area contributed by atoms with Gasteiger partial charge in [0.15, 0.2) is 0 Å². The second kappa shape index (κ2) is 8.86. The molecule has 0 unspecified atom stereocenters. The van der Waals surface area contributed by atoms with E-state index in [1.165, 1.54) is 0 Å². The predicted octanol–water partition coefficient (Wildman–Crippen LogP) is 5.75. The molecule has 0 saturated carbocycles. The van der Waals surface area contributed by atoms with Crippen LogP contribution in [0.5, 0.6) is 11.5 Å². The van der Waals surface area contributed by atoms with Crippen LogP contribution in [0.4, 0.5) is 0 Å². The third-order valence-electron chi connectivity index (χ3n) is 4.01. The van der Waals surface area contributed by atoms with E-state index in [-0.39, 0.29) is 0 Å². The molecule has 0 fully saturated rings. The second-order valence-corrected chi connectivity index (χ2v) is 6.01. The first-order chi connectivity index (χ1) is 12.8. The summed E-state index contributed by atoms with van der Waals surface area (Å²) in [5.41, 5.74) is 2.69. The molecule has 0 heterocycles. The third kappa shape index (κ3) is 4.73. The molecule has 0 aliphatic heterocycles. The van der Waals surface area contributed by atoms with Crippen LogP contribution in [0.25, 0.3) is 11.1 Å². The predicted molar refractivity (Wildman–Crippen MR) is 104 cm³/mol. The van der Waals surface area contributed by atoms with E-state index in [4.69, 9.17) is 9.47 Å². The summed E-state index contributed by atoms with van der Waals surface area (Å²) < 4.78 is 11.1. The van der Waals surface area contributed by atoms with Gasteiger partial charge in [0.05, 0.1) is 12.2 Å². The fraction of sp³-hybridized carbons (Fsp3) is 0.174. The molecule has 0 aromatic heterocycles. The number of benzene rings is 3. The highest BCUT2D eigenvalue weighted by Gasteiger charge is 2.10. The first-order valence-corrected chi connectivity index (χ1v) is 8.87. The van der Waals surface area contributed by atoms with E-state index in [0.717, 1.165) is 24.0 Å². The van der Waals surface area contributed by atoms with Crippen molar-refractivity contribution < 1.29 is 14.3 Å². The molecule has 0 atom stereocenters. The van der Waals surface area contributed by atoms with Crippen LogP contribution in [0.1, 0.15) is 30.1 Å². The molecule has 3 aromatic rings. The molecule has 3 nitrogen and oxygen atoms in total. The molecule has 3 aromatic carbocycles. The van der Waals surface area contributed by atoms with Crippen molar-refractivity contribution in [3.63, 3.8) is 0 Å². The summed E-state index contributed by atoms with van der Waals surface area (Å²) in [6.07, 6.45) is 2.06. The third-order valence-corrected chi connectivity index (χ3v) is 4.01. The van der Waals surface area contributed by atoms with Crippen molar-refractivity contribution in [3.05, 3.63) is 84.4 Å². The van der Waals surface area contributed by atoms with E-state index in [1.54, 1.807) is 18.2 Å². The van der Waals surface area contributed by atoms with Crippen molar-refractivity contribution in [2.45, 2.75) is 19.8 Å². The number of rotatable bonds is 7. The van der Waals surface area contributed by atoms with Gasteiger partial charge in [0, 0.05) is 0 Å². The van der Waals surface area contributed by atoms with Gasteiger partial charge in [0.2, 0.25) is 0 Å². The standard InChI is InChI=1S/C23H22O3/c1-2-3-16-25-22-11-7-10-20(17-22)23(24)26-21-14-12-19(13-15-21)18-8-5-4-6-9-18/h4-15,17H,2-3,16H2,1H3. The molecule has 26 heavy (non-hydrogen) atoms. The van der Waals surface area contributed by atoms with Crippen LogP contribution in [-0.2, 0) is 0 Å². The molecule has 132 valence electrons. The van der Waals surface area contributed by atoms with Gasteiger partial charge in [0.25, 0.3) is 0 Å². The Morgan fingerprint density at radius 1 is 0.808 bits per heavy atom. The maximum Gasteiger partial charge on any atom is 0.343 e. The lowest BCUT2D eigenvalue weighted by Crippen LogP contribution is -2.08. The maximum absolute atomic E-state index is 12.4. The number of carbonyl (C=O) groups excluding carboxylic acids is 1. The summed E-state index contributed by atoms with van der Waals surface area (Å²) in [5.74, 6) is 0.817. The molecule has 0 aliphatic carbocycles. The van der Waals surface area contributed by atoms with Crippen LogP contribution >= 0.6 is 0 Å². The number of unbranched alkanes of at least 4 members (excludes halogenated alkanes) is 1. The molecule has 0 aliphatic rings. The zero-order chi connectivity index (χ0) is 18.2. The Kier molecular flexibility index (Phi) is 6.05. The van der Waals surface area contributed by atoms with Crippen molar-refractivity contribution in [2.75, 3.05) is 6.61 Å². The molecule has 0 spiro atoms. The number of ether oxygens (including phenoxy) is 2. The minimum Gasteiger partial charge on any atom is -0.494 e. The Hall–Kier alpha value is -3.07. The first-order valence-electron chi connectivity index (χ1n) is 8.87. The number of carbonyl (C=O) groups is 1. The monoisotopic (exact) mass is 346 g/mol. The van der Waals surface area contributed by atoms with E-state index in [0.29, 0.717) is 23.7 Å². The Morgan fingerprint density at radius 3 is 2.27 bits per heavy atom. The van der Waals surface area contributed by atoms with Crippen molar-refractivity contribution in [1.82, 2.24) is 0 Å². The van der Waals surface area contributed by atoms with Gasteiger partial charge < -0.3 is 9.47 Å². The molecule has 0 amide bonds. The molecular weight excluding hydrogens is 324 g/mol. The van der Waals surface area contributed by atoms with Crippen molar-refractivity contribution in [1.29, 1.82) is 0 Å². The quantitative estimate of drug-likeness (QED) is 0.310. The largest absolute Gasteiger partial charge is 0.494 e. The molecule has 3 heteroatoms. The summed E-state index contributed by atoms with van der Waals surface area (Å²) in [6.45, 7) is 2.76. The highest BCUT2D eigenvalue weighted by atomic mass is 16.5. The van der Waals surface area contributed by atoms with E-state index in [2.05, 4.69) is 6.92 Å². The average Bonchev–Trinajstić information content (AvgIpc) is 2.70. The fourth-order valence-electron chi connectivity index (χ4n) is 2.56. The Morgan fingerprint density at radius 2 is 1.54 bits per heavy atom. The summed E-state index contributed by atoms with van der Waals surface area (Å²) in [5, 5.41) is 0. The molecule has 0 radical (unpaired) electrons. The van der Waals surface area contributed by atoms with Gasteiger partial charge in [-0.2, -0.15) is 0 Å². The molecular formula is C23H22O3. The van der Waals surface area contributed by atoms with E-state index in [9.17, 15) is 4.79 Å². The Bertz CT molecular complexity index is 839. The van der Waals surface area contributed by atoms with Crippen LogP contribution in [0.3, 0.4) is 0 Å². The van der Waals surface area contributed by atoms with Gasteiger partial charge in [-0.05, 0) is 47.9 Å². The van der Waals surface area contributed by atoms with Gasteiger partial charge in [0.1, 0.15) is 11.5 Å². The van der Waals surface area contributed by atoms with Crippen LogP contribution in [0, 0.1) is 0 Å². The summed E-state index contributed by atoms with van der Waals surface area (Å²) in [7, 11) is 0. The topological polar surface area (TPSA) is 35.5 Å². The molecule has 0 bridgehead atoms. The molecule has 3 rings (SSSR count). The lowest BCUT2D eigenvalue weighted by atomic mass is 10.1. The van der Waals surface area contributed by atoms with Gasteiger partial charge in [-0.25, -0.2) is 4.79 Å². The number of esters is 1. The highest BCUT2D eigenvalue weighted by Crippen LogP contribution is 2.23. The van der Waals surface area contributed by atoms with Gasteiger partial charge in [-0.15, -0.1) is 0 Å². The lowest BCUT2D eigenvalue weighted by Gasteiger charge is -2.08. The number of hydrogen-bond acceptors (Lipinski definition) is 3. The van der Waals surface area contributed by atoms with E-state index < -0.39 is 5.97 Å². The van der Waals surface area contributed by atoms with Crippen LogP contribution in [0.15, 0.2) is 78.9 Å². The average molecular weight is 346 g/mol. The SMILES string of the molecule is CCCCOc1cccc(C(=O)Oc2ccc(-c3ccccc3)cc2)c1. The Labute approximate surface area is 154 Å². The van der Waals surface area contributed by atoms with Crippen LogP contribution in [-0.4, -0.2) is 12.6 Å². The van der Waals surface area contributed by atoms with Crippen LogP contribution in [0.2, 0.25) is 0 Å². The highest BCUT2D eigenvalue weighted by molar-refractivity contribution is 5.91. The normalized spacial score (nSPS) is 10.3. The zero-order valence-electron chi connectivity index (χ0n) is 14.9. The summed E-state index contributed by atoms with van der Waals surface area (Å²) in [4.78, 5) is 12.4. The minimum absolute atomic E-state index is 0.390. The van der Waals surface area contributed by atoms with Gasteiger partial charge >= 0.3 is 5.97 Å². The smallest absolute Gasteiger partial charge is 0.343 e. The first kappa shape index (κ1) is 17.7. The summed E-state index contributed by atoms with van der Waals surface area (Å²) in [6, 6.07) is 24.7. The lowest BCUT2D eigenvalue weighted by molar-refractivity contribution is 0.0734. The van der Waals surface area contributed by atoms with Gasteiger partial charge in [-0.1, -0.05) is 61.9 Å². The van der Waals surface area contributed by atoms with Crippen molar-refractivity contribution >= 4 is 5.97 Å². The zero-order valence-corrected chi connectivity index (χ0v) is 14.9. The molecule has 0 N–H and O–H groups in total. The maximum atomic E-state index is 12.4. The van der Waals surface area contributed by atoms with Crippen molar-refractivity contribution in [3.8, 4) is 22.6 Å². The fourth-order valence-corrected chi connectivity index (χ4v) is 2.56. The van der Waals surface area contributed by atoms with Crippen LogP contribution < -0.4 is 9.47 Å². The summed E-state index contributed by atoms with van der Waals surface area (Å²) >= 11 is 0. The number of hydrogen-bond donors (Lipinski definition) is 0.